The lowest BCUT2D eigenvalue weighted by molar-refractivity contribution is 1.52. The van der Waals surface area contributed by atoms with E-state index in [1.807, 2.05) is 13.0 Å². The molecule has 0 aliphatic heterocycles. The first kappa shape index (κ1) is 5.71. The van der Waals surface area contributed by atoms with Gasteiger partial charge in [0.25, 0.3) is 0 Å². The standard InChI is InChI=1S/C4H4BrN/c1-4(5)2-3-6/h2H,1H3/b4-2+. The largest absolute Gasteiger partial charge is 0.193 e. The number of rotatable bonds is 0. The molecule has 0 fully saturated rings. The molecule has 0 aromatic carbocycles. The van der Waals surface area contributed by atoms with Crippen LogP contribution in [-0.4, -0.2) is 0 Å². The van der Waals surface area contributed by atoms with Crippen LogP contribution in [0.3, 0.4) is 0 Å². The number of halogens is 1. The van der Waals surface area contributed by atoms with Crippen molar-refractivity contribution in [1.82, 2.24) is 0 Å². The first-order valence-corrected chi connectivity index (χ1v) is 2.28. The van der Waals surface area contributed by atoms with Gasteiger partial charge in [0.05, 0.1) is 6.07 Å². The molecule has 0 aliphatic carbocycles. The summed E-state index contributed by atoms with van der Waals surface area (Å²) in [6, 6.07) is 1.86. The fourth-order valence-electron chi connectivity index (χ4n) is 0.0889. The van der Waals surface area contributed by atoms with E-state index < -0.39 is 0 Å². The van der Waals surface area contributed by atoms with E-state index in [0.717, 1.165) is 4.48 Å². The predicted octanol–water partition coefficient (Wildman–Crippen LogP) is 1.81. The van der Waals surface area contributed by atoms with Gasteiger partial charge in [-0.15, -0.1) is 0 Å². The Morgan fingerprint density at radius 3 is 2.50 bits per heavy atom. The fourth-order valence-corrected chi connectivity index (χ4v) is 0.191. The fraction of sp³-hybridized carbons (Fsp3) is 0.250. The van der Waals surface area contributed by atoms with Crippen LogP contribution in [0.5, 0.6) is 0 Å². The minimum Gasteiger partial charge on any atom is -0.193 e. The summed E-state index contributed by atoms with van der Waals surface area (Å²) in [5.41, 5.74) is 0. The number of hydrogen-bond donors (Lipinski definition) is 0. The number of nitrogens with zero attached hydrogens (tertiary/aromatic N) is 1. The molecule has 0 atom stereocenters. The Labute approximate surface area is 45.4 Å². The molecule has 2 heteroatoms. The van der Waals surface area contributed by atoms with Crippen molar-refractivity contribution in [2.75, 3.05) is 0 Å². The van der Waals surface area contributed by atoms with Gasteiger partial charge in [0.2, 0.25) is 0 Å². The SMILES string of the molecule is C/C(Br)=C\C#N. The average Bonchev–Trinajstić information content (AvgIpc) is 1.35. The Morgan fingerprint density at radius 1 is 2.00 bits per heavy atom. The molecular formula is C4H4BrN. The van der Waals surface area contributed by atoms with Gasteiger partial charge in [-0.05, 0) is 6.92 Å². The normalized spacial score (nSPS) is 10.5. The van der Waals surface area contributed by atoms with E-state index in [-0.39, 0.29) is 0 Å². The van der Waals surface area contributed by atoms with E-state index in [4.69, 9.17) is 5.26 Å². The number of nitriles is 1. The summed E-state index contributed by atoms with van der Waals surface area (Å²) in [6.07, 6.45) is 1.43. The lowest BCUT2D eigenvalue weighted by Crippen LogP contribution is -1.48. The highest BCUT2D eigenvalue weighted by Crippen LogP contribution is 1.98. The van der Waals surface area contributed by atoms with Crippen molar-refractivity contribution < 1.29 is 0 Å². The Morgan fingerprint density at radius 2 is 2.50 bits per heavy atom. The van der Waals surface area contributed by atoms with E-state index in [1.165, 1.54) is 6.08 Å². The third kappa shape index (κ3) is 3.71. The summed E-state index contributed by atoms with van der Waals surface area (Å²) in [5, 5.41) is 7.88. The molecule has 0 saturated heterocycles. The maximum absolute atomic E-state index is 7.88. The molecule has 0 unspecified atom stereocenters. The molecule has 0 heterocycles. The van der Waals surface area contributed by atoms with Crippen LogP contribution in [0, 0.1) is 11.3 Å². The monoisotopic (exact) mass is 145 g/mol. The van der Waals surface area contributed by atoms with Crippen LogP contribution in [0.1, 0.15) is 6.92 Å². The van der Waals surface area contributed by atoms with Crippen molar-refractivity contribution >= 4 is 15.9 Å². The van der Waals surface area contributed by atoms with E-state index >= 15 is 0 Å². The molecule has 0 N–H and O–H groups in total. The van der Waals surface area contributed by atoms with Crippen LogP contribution < -0.4 is 0 Å². The van der Waals surface area contributed by atoms with Crippen LogP contribution in [0.15, 0.2) is 10.6 Å². The summed E-state index contributed by atoms with van der Waals surface area (Å²) in [6.45, 7) is 1.81. The molecule has 0 saturated carbocycles. The maximum atomic E-state index is 7.88. The van der Waals surface area contributed by atoms with Crippen molar-refractivity contribution in [1.29, 1.82) is 5.26 Å². The summed E-state index contributed by atoms with van der Waals surface area (Å²) < 4.78 is 0.866. The molecule has 0 bridgehead atoms. The lowest BCUT2D eigenvalue weighted by Gasteiger charge is -1.68. The van der Waals surface area contributed by atoms with Gasteiger partial charge >= 0.3 is 0 Å². The van der Waals surface area contributed by atoms with Crippen molar-refractivity contribution in [3.8, 4) is 6.07 Å². The third-order valence-electron chi connectivity index (χ3n) is 0.263. The van der Waals surface area contributed by atoms with E-state index in [2.05, 4.69) is 15.9 Å². The lowest BCUT2D eigenvalue weighted by atomic mass is 10.6. The van der Waals surface area contributed by atoms with Gasteiger partial charge < -0.3 is 0 Å². The second kappa shape index (κ2) is 2.92. The Hall–Kier alpha value is -0.290. The minimum atomic E-state index is 0.866. The Bertz CT molecular complexity index is 94.6. The third-order valence-corrected chi connectivity index (χ3v) is 0.492. The van der Waals surface area contributed by atoms with Crippen molar-refractivity contribution in [2.45, 2.75) is 6.92 Å². The molecule has 6 heavy (non-hydrogen) atoms. The van der Waals surface area contributed by atoms with Crippen LogP contribution in [0.25, 0.3) is 0 Å². The molecule has 0 aromatic heterocycles. The second-order valence-corrected chi connectivity index (χ2v) is 2.11. The summed E-state index contributed by atoms with van der Waals surface area (Å²) in [5.74, 6) is 0. The predicted molar refractivity (Wildman–Crippen MR) is 28.3 cm³/mol. The van der Waals surface area contributed by atoms with E-state index in [0.29, 0.717) is 0 Å². The number of allylic oxidation sites excluding steroid dienone is 2. The highest BCUT2D eigenvalue weighted by atomic mass is 79.9. The minimum absolute atomic E-state index is 0.866. The highest BCUT2D eigenvalue weighted by molar-refractivity contribution is 9.11. The van der Waals surface area contributed by atoms with Gasteiger partial charge in [-0.3, -0.25) is 0 Å². The molecule has 0 rings (SSSR count). The second-order valence-electron chi connectivity index (χ2n) is 0.860. The Kier molecular flexibility index (Phi) is 2.78. The highest BCUT2D eigenvalue weighted by Gasteiger charge is 1.69. The zero-order valence-electron chi connectivity index (χ0n) is 3.40. The van der Waals surface area contributed by atoms with Crippen molar-refractivity contribution in [2.24, 2.45) is 0 Å². The van der Waals surface area contributed by atoms with Gasteiger partial charge in [0, 0.05) is 10.6 Å². The van der Waals surface area contributed by atoms with Crippen molar-refractivity contribution in [3.63, 3.8) is 0 Å². The van der Waals surface area contributed by atoms with Crippen LogP contribution in [-0.2, 0) is 0 Å². The van der Waals surface area contributed by atoms with Gasteiger partial charge in [-0.2, -0.15) is 5.26 Å². The van der Waals surface area contributed by atoms with Crippen molar-refractivity contribution in [3.05, 3.63) is 10.6 Å². The van der Waals surface area contributed by atoms with Crippen LogP contribution in [0.4, 0.5) is 0 Å². The summed E-state index contributed by atoms with van der Waals surface area (Å²) in [7, 11) is 0. The smallest absolute Gasteiger partial charge is 0.0920 e. The quantitative estimate of drug-likeness (QED) is 0.478. The van der Waals surface area contributed by atoms with Gasteiger partial charge in [-0.25, -0.2) is 0 Å². The molecule has 32 valence electrons. The molecule has 0 amide bonds. The Balaban J connectivity index is 3.51. The average molecular weight is 146 g/mol. The summed E-state index contributed by atoms with van der Waals surface area (Å²) >= 11 is 3.07. The molecular weight excluding hydrogens is 142 g/mol. The summed E-state index contributed by atoms with van der Waals surface area (Å²) in [4.78, 5) is 0. The maximum Gasteiger partial charge on any atom is 0.0920 e. The molecule has 0 spiro atoms. The molecule has 0 aliphatic rings. The zero-order chi connectivity index (χ0) is 4.99. The first-order chi connectivity index (χ1) is 2.77. The molecule has 0 radical (unpaired) electrons. The van der Waals surface area contributed by atoms with E-state index in [1.54, 1.807) is 0 Å². The van der Waals surface area contributed by atoms with Gasteiger partial charge in [0.15, 0.2) is 0 Å². The molecule has 0 aromatic rings. The zero-order valence-corrected chi connectivity index (χ0v) is 4.99. The topological polar surface area (TPSA) is 23.8 Å². The van der Waals surface area contributed by atoms with Crippen LogP contribution in [0.2, 0.25) is 0 Å². The van der Waals surface area contributed by atoms with Gasteiger partial charge in [-0.1, -0.05) is 15.9 Å². The first-order valence-electron chi connectivity index (χ1n) is 1.49. The number of hydrogen-bond acceptors (Lipinski definition) is 1. The van der Waals surface area contributed by atoms with Crippen LogP contribution >= 0.6 is 15.9 Å². The van der Waals surface area contributed by atoms with E-state index in [9.17, 15) is 0 Å². The molecule has 1 nitrogen and oxygen atoms in total. The van der Waals surface area contributed by atoms with Gasteiger partial charge in [0.1, 0.15) is 0 Å².